The van der Waals surface area contributed by atoms with Crippen molar-refractivity contribution >= 4 is 18.3 Å². The third-order valence-corrected chi connectivity index (χ3v) is 0. The van der Waals surface area contributed by atoms with Crippen molar-refractivity contribution in [1.29, 1.82) is 0 Å². The summed E-state index contributed by atoms with van der Waals surface area (Å²) < 4.78 is 20.9. The van der Waals surface area contributed by atoms with Gasteiger partial charge in [-0.25, -0.2) is 4.11 Å². The van der Waals surface area contributed by atoms with Crippen LogP contribution in [0.3, 0.4) is 0 Å². The van der Waals surface area contributed by atoms with Gasteiger partial charge >= 0.3 is 47.8 Å². The number of rotatable bonds is 0. The van der Waals surface area contributed by atoms with Gasteiger partial charge in [-0.2, -0.15) is 0 Å². The van der Waals surface area contributed by atoms with Crippen molar-refractivity contribution in [3.63, 3.8) is 0 Å². The fourth-order valence-corrected chi connectivity index (χ4v) is 0. The Labute approximate surface area is 90.9 Å². The number of halogens is 2. The maximum Gasteiger partial charge on any atom is 1.00 e. The fourth-order valence-electron chi connectivity index (χ4n) is 0. The van der Waals surface area contributed by atoms with Crippen LogP contribution in [0, 0.1) is 0 Å². The zero-order valence-corrected chi connectivity index (χ0v) is 10.1. The van der Waals surface area contributed by atoms with Crippen molar-refractivity contribution in [2.24, 2.45) is 0 Å². The van der Waals surface area contributed by atoms with Crippen LogP contribution in [-0.2, 0) is 0 Å². The molecule has 72 valence electrons. The molecule has 0 spiro atoms. The maximum absolute atomic E-state index is 10.5. The molecule has 0 fully saturated rings. The summed E-state index contributed by atoms with van der Waals surface area (Å²) in [5.41, 5.74) is 0. The Morgan fingerprint density at radius 1 is 0.917 bits per heavy atom. The van der Waals surface area contributed by atoms with Crippen LogP contribution in [0.4, 0.5) is 8.22 Å². The summed E-state index contributed by atoms with van der Waals surface area (Å²) in [5, 5.41) is 0. The van der Waals surface area contributed by atoms with Crippen LogP contribution in [-0.4, -0.2) is 42.3 Å². The minimum atomic E-state index is -5.36. The van der Waals surface area contributed by atoms with E-state index in [1.54, 1.807) is 0 Å². The van der Waals surface area contributed by atoms with Gasteiger partial charge < -0.3 is 34.9 Å². The zero-order chi connectivity index (χ0) is 9.00. The van der Waals surface area contributed by atoms with E-state index in [4.69, 9.17) is 28.8 Å². The molecular weight excluding hydrogens is 227 g/mol. The number of hydrogen-bond acceptors (Lipinski definition) is 7. The average molecular weight is 235 g/mol. The van der Waals surface area contributed by atoms with Crippen LogP contribution in [0.1, 0.15) is 0 Å². The summed E-state index contributed by atoms with van der Waals surface area (Å²) >= 11 is 0. The summed E-state index contributed by atoms with van der Waals surface area (Å²) in [4.78, 5) is 44.0. The molecule has 0 aliphatic heterocycles. The van der Waals surface area contributed by atoms with Crippen molar-refractivity contribution in [1.82, 2.24) is 6.15 Å². The predicted octanol–water partition coefficient (Wildman–Crippen LogP) is -6.73. The predicted molar refractivity (Wildman–Crippen MR) is 29.8 cm³/mol. The van der Waals surface area contributed by atoms with Gasteiger partial charge in [0.2, 0.25) is 0 Å². The summed E-state index contributed by atoms with van der Waals surface area (Å²) in [6.07, 6.45) is 0. The number of hydrogen-bond donors (Lipinski definition) is 6. The molecule has 0 aliphatic carbocycles. The normalized spacial score (nSPS) is 10.0. The monoisotopic (exact) mass is 235 g/mol. The molecule has 0 saturated carbocycles. The topological polar surface area (TPSA) is 159 Å². The molecule has 12 heteroatoms. The van der Waals surface area contributed by atoms with E-state index < -0.39 is 18.3 Å². The molecule has 12 heavy (non-hydrogen) atoms. The van der Waals surface area contributed by atoms with Crippen LogP contribution < -0.4 is 40.5 Å². The molecule has 0 saturated heterocycles. The van der Waals surface area contributed by atoms with E-state index in [1.165, 1.54) is 0 Å². The van der Waals surface area contributed by atoms with Crippen molar-refractivity contribution in [3.05, 3.63) is 0 Å². The van der Waals surface area contributed by atoms with Crippen molar-refractivity contribution in [3.8, 4) is 0 Å². The molecule has 0 amide bonds. The van der Waals surface area contributed by atoms with Gasteiger partial charge in [-0.1, -0.05) is 0 Å². The van der Waals surface area contributed by atoms with E-state index >= 15 is 0 Å². The molecule has 0 bridgehead atoms. The zero-order valence-electron chi connectivity index (χ0n) is 6.11. The van der Waals surface area contributed by atoms with Gasteiger partial charge in [-0.05, 0) is 0 Å². The molecule has 0 aromatic rings. The first kappa shape index (κ1) is 23.1. The Morgan fingerprint density at radius 3 is 0.917 bits per heavy atom. The molecule has 0 heterocycles. The first-order valence-corrected chi connectivity index (χ1v) is 5.10. The molecular formula is H8F2NNaO6Si2. The third-order valence-electron chi connectivity index (χ3n) is 0. The minimum Gasteiger partial charge on any atom is -0.790 e. The van der Waals surface area contributed by atoms with Gasteiger partial charge in [0.1, 0.15) is 0 Å². The van der Waals surface area contributed by atoms with Crippen molar-refractivity contribution in [2.45, 2.75) is 0 Å². The van der Waals surface area contributed by atoms with E-state index in [9.17, 15) is 8.22 Å². The van der Waals surface area contributed by atoms with Gasteiger partial charge in [0, 0.05) is 0 Å². The van der Waals surface area contributed by atoms with Crippen molar-refractivity contribution < 1.29 is 66.5 Å². The fraction of sp³-hybridized carbons (Fsp3) is 0. The van der Waals surface area contributed by atoms with Crippen LogP contribution in [0.15, 0.2) is 0 Å². The molecule has 0 atom stereocenters. The Balaban J connectivity index is -0.0000000457. The van der Waals surface area contributed by atoms with E-state index in [1.807, 2.05) is 0 Å². The molecule has 8 N–H and O–H groups in total. The van der Waals surface area contributed by atoms with Crippen LogP contribution in [0.5, 0.6) is 0 Å². The first-order valence-electron chi connectivity index (χ1n) is 1.70. The molecule has 0 aromatic heterocycles. The average Bonchev–Trinajstić information content (AvgIpc) is 1.12. The molecule has 0 unspecified atom stereocenters. The Bertz CT molecular complexity index is 66.5. The van der Waals surface area contributed by atoms with Gasteiger partial charge in [0.25, 0.3) is 0 Å². The second kappa shape index (κ2) is 8.60. The van der Waals surface area contributed by atoms with E-state index in [0.717, 1.165) is 0 Å². The van der Waals surface area contributed by atoms with E-state index in [-0.39, 0.29) is 35.7 Å². The van der Waals surface area contributed by atoms with Crippen molar-refractivity contribution in [2.75, 3.05) is 0 Å². The SMILES string of the molecule is N.O[Si](O)(O)F.[Na+].[O-][Si](O)(O)F. The molecule has 0 aliphatic rings. The second-order valence-corrected chi connectivity index (χ2v) is 3.25. The Kier molecular flexibility index (Phi) is 16.6. The van der Waals surface area contributed by atoms with Gasteiger partial charge in [-0.3, -0.25) is 4.11 Å². The van der Waals surface area contributed by atoms with Crippen LogP contribution in [0.25, 0.3) is 0 Å². The van der Waals surface area contributed by atoms with Gasteiger partial charge in [0.15, 0.2) is 0 Å². The summed E-state index contributed by atoms with van der Waals surface area (Å²) in [7, 11) is -10.5. The second-order valence-electron chi connectivity index (χ2n) is 1.08. The van der Waals surface area contributed by atoms with Crippen LogP contribution in [0.2, 0.25) is 0 Å². The molecule has 7 nitrogen and oxygen atoms in total. The van der Waals surface area contributed by atoms with E-state index in [2.05, 4.69) is 0 Å². The standard InChI is InChI=1S/FH3O3Si.FH2O3Si.H3N.Na/c2*1-5(2,3)4;;/h2-4H;2-3H;1H3;/q;-1;;+1. The summed E-state index contributed by atoms with van der Waals surface area (Å²) in [5.74, 6) is 0. The Hall–Kier alpha value is 1.01. The van der Waals surface area contributed by atoms with E-state index in [0.29, 0.717) is 0 Å². The smallest absolute Gasteiger partial charge is 0.790 e. The minimum absolute atomic E-state index is 0. The largest absolute Gasteiger partial charge is 1.00 e. The third kappa shape index (κ3) is 1070. The van der Waals surface area contributed by atoms with Gasteiger partial charge in [-0.15, -0.1) is 0 Å². The maximum atomic E-state index is 10.5. The van der Waals surface area contributed by atoms with Crippen LogP contribution >= 0.6 is 0 Å². The first-order chi connectivity index (χ1) is 4.00. The Morgan fingerprint density at radius 2 is 0.917 bits per heavy atom. The summed E-state index contributed by atoms with van der Waals surface area (Å²) in [6.45, 7) is 0. The quantitative estimate of drug-likeness (QED) is 0.180. The molecule has 0 radical (unpaired) electrons. The molecule has 0 rings (SSSR count). The summed E-state index contributed by atoms with van der Waals surface area (Å²) in [6, 6.07) is 0. The molecule has 0 aromatic carbocycles. The van der Waals surface area contributed by atoms with Gasteiger partial charge in [0.05, 0.1) is 0 Å².